The molecule has 2 fully saturated rings. The van der Waals surface area contributed by atoms with Crippen LogP contribution in [0.4, 0.5) is 0 Å². The lowest BCUT2D eigenvalue weighted by Gasteiger charge is -2.17. The second-order valence-corrected chi connectivity index (χ2v) is 3.95. The number of aliphatic hydroxyl groups is 1. The van der Waals surface area contributed by atoms with Gasteiger partial charge in [-0.1, -0.05) is 12.8 Å². The van der Waals surface area contributed by atoms with E-state index in [2.05, 4.69) is 5.32 Å². The summed E-state index contributed by atoms with van der Waals surface area (Å²) in [4.78, 5) is 0. The van der Waals surface area contributed by atoms with Crippen molar-refractivity contribution in [2.45, 2.75) is 44.2 Å². The van der Waals surface area contributed by atoms with Gasteiger partial charge in [0.25, 0.3) is 0 Å². The Labute approximate surface area is 80.1 Å². The molecule has 1 heterocycles. The van der Waals surface area contributed by atoms with Crippen LogP contribution in [0.3, 0.4) is 0 Å². The molecule has 2 rings (SSSR count). The molecule has 1 aliphatic carbocycles. The van der Waals surface area contributed by atoms with E-state index in [0.29, 0.717) is 6.04 Å². The van der Waals surface area contributed by atoms with Crippen molar-refractivity contribution in [2.75, 3.05) is 6.54 Å². The SMILES string of the molecule is Cl.OC1CNC(C2CCCC2)C1. The number of halogens is 1. The fourth-order valence-corrected chi connectivity index (χ4v) is 2.47. The maximum atomic E-state index is 9.30. The van der Waals surface area contributed by atoms with E-state index in [1.165, 1.54) is 25.7 Å². The molecule has 0 aromatic rings. The summed E-state index contributed by atoms with van der Waals surface area (Å²) in [6.45, 7) is 0.821. The Kier molecular flexibility index (Phi) is 3.81. The van der Waals surface area contributed by atoms with Crippen LogP contribution in [0.5, 0.6) is 0 Å². The molecular formula is C9H18ClNO. The number of hydrogen-bond acceptors (Lipinski definition) is 2. The molecule has 3 heteroatoms. The van der Waals surface area contributed by atoms with Crippen LogP contribution in [0.1, 0.15) is 32.1 Å². The minimum absolute atomic E-state index is 0. The molecule has 0 amide bonds. The van der Waals surface area contributed by atoms with Crippen molar-refractivity contribution in [1.82, 2.24) is 5.32 Å². The lowest BCUT2D eigenvalue weighted by molar-refractivity contribution is 0.189. The van der Waals surface area contributed by atoms with Crippen molar-refractivity contribution in [3.63, 3.8) is 0 Å². The highest BCUT2D eigenvalue weighted by Crippen LogP contribution is 2.31. The van der Waals surface area contributed by atoms with Crippen molar-refractivity contribution in [3.8, 4) is 0 Å². The zero-order valence-corrected chi connectivity index (χ0v) is 8.15. The van der Waals surface area contributed by atoms with Gasteiger partial charge >= 0.3 is 0 Å². The quantitative estimate of drug-likeness (QED) is 0.656. The molecule has 2 unspecified atom stereocenters. The summed E-state index contributed by atoms with van der Waals surface area (Å²) >= 11 is 0. The van der Waals surface area contributed by atoms with Gasteiger partial charge in [0, 0.05) is 12.6 Å². The fraction of sp³-hybridized carbons (Fsp3) is 1.00. The van der Waals surface area contributed by atoms with Crippen molar-refractivity contribution < 1.29 is 5.11 Å². The molecule has 1 aliphatic heterocycles. The van der Waals surface area contributed by atoms with E-state index in [1.807, 2.05) is 0 Å². The Morgan fingerprint density at radius 2 is 1.83 bits per heavy atom. The Balaban J connectivity index is 0.000000720. The topological polar surface area (TPSA) is 32.3 Å². The van der Waals surface area contributed by atoms with Crippen molar-refractivity contribution in [3.05, 3.63) is 0 Å². The van der Waals surface area contributed by atoms with E-state index in [9.17, 15) is 5.11 Å². The maximum absolute atomic E-state index is 9.30. The molecular weight excluding hydrogens is 174 g/mol. The Hall–Kier alpha value is 0.210. The monoisotopic (exact) mass is 191 g/mol. The van der Waals surface area contributed by atoms with Gasteiger partial charge in [0.15, 0.2) is 0 Å². The molecule has 1 saturated carbocycles. The largest absolute Gasteiger partial charge is 0.392 e. The maximum Gasteiger partial charge on any atom is 0.0679 e. The van der Waals surface area contributed by atoms with E-state index in [0.717, 1.165) is 18.9 Å². The summed E-state index contributed by atoms with van der Waals surface area (Å²) in [6.07, 6.45) is 6.48. The van der Waals surface area contributed by atoms with Crippen molar-refractivity contribution in [2.24, 2.45) is 5.92 Å². The van der Waals surface area contributed by atoms with Crippen LogP contribution in [0, 0.1) is 5.92 Å². The first-order valence-electron chi connectivity index (χ1n) is 4.78. The first-order chi connectivity index (χ1) is 5.36. The molecule has 0 radical (unpaired) electrons. The van der Waals surface area contributed by atoms with Gasteiger partial charge in [0.1, 0.15) is 0 Å². The second-order valence-electron chi connectivity index (χ2n) is 3.95. The van der Waals surface area contributed by atoms with Gasteiger partial charge in [-0.25, -0.2) is 0 Å². The molecule has 72 valence electrons. The van der Waals surface area contributed by atoms with Crippen LogP contribution in [-0.4, -0.2) is 23.8 Å². The summed E-state index contributed by atoms with van der Waals surface area (Å²) < 4.78 is 0. The highest BCUT2D eigenvalue weighted by atomic mass is 35.5. The summed E-state index contributed by atoms with van der Waals surface area (Å²) in [6, 6.07) is 0.632. The molecule has 2 aliphatic rings. The minimum atomic E-state index is -0.0689. The summed E-state index contributed by atoms with van der Waals surface area (Å²) in [5.74, 6) is 0.868. The molecule has 2 nitrogen and oxygen atoms in total. The zero-order chi connectivity index (χ0) is 7.68. The molecule has 1 saturated heterocycles. The van der Waals surface area contributed by atoms with Gasteiger partial charge in [-0.05, 0) is 25.2 Å². The molecule has 2 N–H and O–H groups in total. The van der Waals surface area contributed by atoms with Crippen molar-refractivity contribution in [1.29, 1.82) is 0 Å². The average molecular weight is 192 g/mol. The van der Waals surface area contributed by atoms with E-state index in [1.54, 1.807) is 0 Å². The molecule has 0 aromatic heterocycles. The van der Waals surface area contributed by atoms with Crippen LogP contribution < -0.4 is 5.32 Å². The van der Waals surface area contributed by atoms with E-state index in [-0.39, 0.29) is 18.5 Å². The minimum Gasteiger partial charge on any atom is -0.392 e. The van der Waals surface area contributed by atoms with Gasteiger partial charge in [-0.15, -0.1) is 12.4 Å². The van der Waals surface area contributed by atoms with Crippen LogP contribution in [0.25, 0.3) is 0 Å². The fourth-order valence-electron chi connectivity index (χ4n) is 2.47. The number of hydrogen-bond donors (Lipinski definition) is 2. The van der Waals surface area contributed by atoms with E-state index in [4.69, 9.17) is 0 Å². The molecule has 0 bridgehead atoms. The highest BCUT2D eigenvalue weighted by molar-refractivity contribution is 5.85. The summed E-state index contributed by atoms with van der Waals surface area (Å²) in [5.41, 5.74) is 0. The number of aliphatic hydroxyl groups excluding tert-OH is 1. The standard InChI is InChI=1S/C9H17NO.ClH/c11-8-5-9(10-6-8)7-3-1-2-4-7;/h7-11H,1-6H2;1H. The average Bonchev–Trinajstić information content (AvgIpc) is 2.55. The third-order valence-corrected chi connectivity index (χ3v) is 3.11. The van der Waals surface area contributed by atoms with Crippen LogP contribution in [-0.2, 0) is 0 Å². The first kappa shape index (κ1) is 10.3. The van der Waals surface area contributed by atoms with Crippen LogP contribution in [0.2, 0.25) is 0 Å². The van der Waals surface area contributed by atoms with Gasteiger partial charge in [-0.2, -0.15) is 0 Å². The predicted octanol–water partition coefficient (Wildman–Crippen LogP) is 1.32. The smallest absolute Gasteiger partial charge is 0.0679 e. The third-order valence-electron chi connectivity index (χ3n) is 3.11. The summed E-state index contributed by atoms with van der Waals surface area (Å²) in [5, 5.41) is 12.7. The Morgan fingerprint density at radius 1 is 1.17 bits per heavy atom. The lowest BCUT2D eigenvalue weighted by atomic mass is 9.96. The number of nitrogens with one attached hydrogen (secondary N) is 1. The van der Waals surface area contributed by atoms with Crippen molar-refractivity contribution >= 4 is 12.4 Å². The zero-order valence-electron chi connectivity index (χ0n) is 7.33. The predicted molar refractivity (Wildman–Crippen MR) is 51.6 cm³/mol. The molecule has 0 spiro atoms. The molecule has 2 atom stereocenters. The van der Waals surface area contributed by atoms with E-state index < -0.39 is 0 Å². The Morgan fingerprint density at radius 3 is 2.33 bits per heavy atom. The van der Waals surface area contributed by atoms with Crippen LogP contribution in [0.15, 0.2) is 0 Å². The Bertz CT molecular complexity index is 136. The third kappa shape index (κ3) is 2.12. The number of β-amino-alcohol motifs (C(OH)–C–C–N with tert-alkyl or cyclic N) is 1. The molecule has 0 aromatic carbocycles. The first-order valence-corrected chi connectivity index (χ1v) is 4.78. The van der Waals surface area contributed by atoms with Gasteiger partial charge < -0.3 is 10.4 Å². The number of rotatable bonds is 1. The van der Waals surface area contributed by atoms with E-state index >= 15 is 0 Å². The van der Waals surface area contributed by atoms with Gasteiger partial charge in [-0.3, -0.25) is 0 Å². The lowest BCUT2D eigenvalue weighted by Crippen LogP contribution is -2.28. The highest BCUT2D eigenvalue weighted by Gasteiger charge is 2.30. The molecule has 12 heavy (non-hydrogen) atoms. The second kappa shape index (κ2) is 4.45. The van der Waals surface area contributed by atoms with Gasteiger partial charge in [0.05, 0.1) is 6.10 Å². The van der Waals surface area contributed by atoms with Crippen LogP contribution >= 0.6 is 12.4 Å². The normalized spacial score (nSPS) is 36.8. The van der Waals surface area contributed by atoms with Gasteiger partial charge in [0.2, 0.25) is 0 Å². The summed E-state index contributed by atoms with van der Waals surface area (Å²) in [7, 11) is 0.